The van der Waals surface area contributed by atoms with Gasteiger partial charge in [-0.15, -0.1) is 0 Å². The van der Waals surface area contributed by atoms with Gasteiger partial charge >= 0.3 is 0 Å². The van der Waals surface area contributed by atoms with Crippen LogP contribution in [0.2, 0.25) is 0 Å². The van der Waals surface area contributed by atoms with Crippen LogP contribution in [0.25, 0.3) is 0 Å². The summed E-state index contributed by atoms with van der Waals surface area (Å²) in [6, 6.07) is 15.7. The van der Waals surface area contributed by atoms with E-state index in [-0.39, 0.29) is 30.7 Å². The Morgan fingerprint density at radius 1 is 1.27 bits per heavy atom. The van der Waals surface area contributed by atoms with Crippen LogP contribution in [0, 0.1) is 10.1 Å². The zero-order valence-corrected chi connectivity index (χ0v) is 17.1. The van der Waals surface area contributed by atoms with E-state index < -0.39 is 10.5 Å². The molecule has 0 bridgehead atoms. The summed E-state index contributed by atoms with van der Waals surface area (Å²) in [5, 5.41) is 29.7. The maximum atomic E-state index is 13.0. The molecule has 0 unspecified atom stereocenters. The Balaban J connectivity index is 1.83. The molecule has 8 heteroatoms. The molecular formula is C22H26N4O4. The largest absolute Gasteiger partial charge is 0.394 e. The van der Waals surface area contributed by atoms with E-state index in [1.165, 1.54) is 17.1 Å². The Morgan fingerprint density at radius 2 is 2.00 bits per heavy atom. The summed E-state index contributed by atoms with van der Waals surface area (Å²) < 4.78 is 0. The van der Waals surface area contributed by atoms with E-state index in [9.17, 15) is 20.0 Å². The molecule has 0 radical (unpaired) electrons. The molecule has 158 valence electrons. The Morgan fingerprint density at radius 3 is 2.67 bits per heavy atom. The average molecular weight is 410 g/mol. The molecule has 2 aromatic rings. The van der Waals surface area contributed by atoms with Crippen molar-refractivity contribution in [2.75, 3.05) is 13.2 Å². The van der Waals surface area contributed by atoms with Crippen molar-refractivity contribution in [3.63, 3.8) is 0 Å². The van der Waals surface area contributed by atoms with Crippen LogP contribution in [0.3, 0.4) is 0 Å². The predicted molar refractivity (Wildman–Crippen MR) is 114 cm³/mol. The van der Waals surface area contributed by atoms with Gasteiger partial charge in [-0.05, 0) is 19.4 Å². The first-order valence-electron chi connectivity index (χ1n) is 9.86. The van der Waals surface area contributed by atoms with Crippen molar-refractivity contribution in [1.82, 2.24) is 10.3 Å². The highest BCUT2D eigenvalue weighted by atomic mass is 16.6. The maximum absolute atomic E-state index is 13.0. The van der Waals surface area contributed by atoms with Crippen LogP contribution in [0.5, 0.6) is 0 Å². The lowest BCUT2D eigenvalue weighted by Gasteiger charge is -2.25. The molecule has 0 aliphatic carbocycles. The number of carbonyl (C=O) groups excluding carboxylic acids is 1. The number of hydrogen-bond acceptors (Lipinski definition) is 6. The second kappa shape index (κ2) is 9.15. The second-order valence-electron chi connectivity index (χ2n) is 7.94. The second-order valence-corrected chi connectivity index (χ2v) is 7.94. The number of carbonyl (C=O) groups is 1. The molecule has 0 fully saturated rings. The van der Waals surface area contributed by atoms with E-state index in [0.29, 0.717) is 24.2 Å². The smallest absolute Gasteiger partial charge is 0.270 e. The van der Waals surface area contributed by atoms with Gasteiger partial charge in [0.1, 0.15) is 0 Å². The van der Waals surface area contributed by atoms with Gasteiger partial charge in [0.2, 0.25) is 5.91 Å². The number of non-ortho nitro benzene ring substituents is 1. The molecule has 0 saturated heterocycles. The van der Waals surface area contributed by atoms with Crippen molar-refractivity contribution in [2.45, 2.75) is 38.3 Å². The third-order valence-electron chi connectivity index (χ3n) is 5.08. The van der Waals surface area contributed by atoms with Crippen molar-refractivity contribution in [3.8, 4) is 0 Å². The van der Waals surface area contributed by atoms with E-state index in [1.807, 2.05) is 44.2 Å². The van der Waals surface area contributed by atoms with Crippen LogP contribution >= 0.6 is 0 Å². The van der Waals surface area contributed by atoms with Crippen LogP contribution in [0.1, 0.15) is 43.9 Å². The third kappa shape index (κ3) is 5.08. The number of hydrogen-bond donors (Lipinski definition) is 2. The normalized spacial score (nSPS) is 16.4. The topological polar surface area (TPSA) is 108 Å². The SMILES string of the molecule is CC(C)(CO)NCCC(=O)N1N=C(c2cccc([N+](=O)[O-])c2)C[C@H]1c1ccccc1. The van der Waals surface area contributed by atoms with Crippen molar-refractivity contribution in [2.24, 2.45) is 5.10 Å². The number of aliphatic hydroxyl groups excluding tert-OH is 1. The molecule has 2 N–H and O–H groups in total. The first kappa shape index (κ1) is 21.6. The molecule has 1 aliphatic rings. The minimum absolute atomic E-state index is 0.00771. The number of nitro groups is 1. The number of amides is 1. The summed E-state index contributed by atoms with van der Waals surface area (Å²) in [5.74, 6) is -0.148. The van der Waals surface area contributed by atoms with Crippen LogP contribution in [0.15, 0.2) is 59.7 Å². The molecule has 0 spiro atoms. The highest BCUT2D eigenvalue weighted by Crippen LogP contribution is 2.33. The number of aliphatic hydroxyl groups is 1. The van der Waals surface area contributed by atoms with Gasteiger partial charge in [-0.1, -0.05) is 42.5 Å². The van der Waals surface area contributed by atoms with Crippen LogP contribution in [0.4, 0.5) is 5.69 Å². The third-order valence-corrected chi connectivity index (χ3v) is 5.08. The molecule has 1 amide bonds. The predicted octanol–water partition coefficient (Wildman–Crippen LogP) is 3.02. The van der Waals surface area contributed by atoms with Gasteiger partial charge in [0.25, 0.3) is 5.69 Å². The zero-order chi connectivity index (χ0) is 21.7. The fourth-order valence-electron chi connectivity index (χ4n) is 3.33. The molecule has 0 aromatic heterocycles. The highest BCUT2D eigenvalue weighted by Gasteiger charge is 2.33. The van der Waals surface area contributed by atoms with Crippen LogP contribution in [-0.2, 0) is 4.79 Å². The number of nitro benzene ring substituents is 1. The molecule has 1 atom stereocenters. The zero-order valence-electron chi connectivity index (χ0n) is 17.1. The van der Waals surface area contributed by atoms with Gasteiger partial charge in [0, 0.05) is 42.6 Å². The first-order chi connectivity index (χ1) is 14.3. The quantitative estimate of drug-likeness (QED) is 0.514. The highest BCUT2D eigenvalue weighted by molar-refractivity contribution is 6.03. The van der Waals surface area contributed by atoms with Gasteiger partial charge < -0.3 is 10.4 Å². The number of hydrazone groups is 1. The molecule has 30 heavy (non-hydrogen) atoms. The van der Waals surface area contributed by atoms with E-state index >= 15 is 0 Å². The summed E-state index contributed by atoms with van der Waals surface area (Å²) in [7, 11) is 0. The average Bonchev–Trinajstić information content (AvgIpc) is 3.20. The van der Waals surface area contributed by atoms with Crippen molar-refractivity contribution < 1.29 is 14.8 Å². The standard InChI is InChI=1S/C22H26N4O4/c1-22(2,15-27)23-12-11-21(28)25-20(16-7-4-3-5-8-16)14-19(24-25)17-9-6-10-18(13-17)26(29)30/h3-10,13,20,23,27H,11-12,14-15H2,1-2H3/t20-/m0/s1. The fraction of sp³-hybridized carbons (Fsp3) is 0.364. The van der Waals surface area contributed by atoms with Crippen molar-refractivity contribution in [1.29, 1.82) is 0 Å². The Bertz CT molecular complexity index is 943. The fourth-order valence-corrected chi connectivity index (χ4v) is 3.33. The Hall–Kier alpha value is -3.10. The van der Waals surface area contributed by atoms with Gasteiger partial charge in [-0.3, -0.25) is 14.9 Å². The number of nitrogens with zero attached hydrogens (tertiary/aromatic N) is 3. The lowest BCUT2D eigenvalue weighted by atomic mass is 9.98. The minimum Gasteiger partial charge on any atom is -0.394 e. The van der Waals surface area contributed by atoms with Crippen molar-refractivity contribution in [3.05, 3.63) is 75.8 Å². The minimum atomic E-state index is -0.471. The van der Waals surface area contributed by atoms with E-state index in [4.69, 9.17) is 0 Å². The number of benzene rings is 2. The first-order valence-corrected chi connectivity index (χ1v) is 9.86. The summed E-state index contributed by atoms with van der Waals surface area (Å²) >= 11 is 0. The van der Waals surface area contributed by atoms with Crippen molar-refractivity contribution >= 4 is 17.3 Å². The van der Waals surface area contributed by atoms with Gasteiger partial charge in [0.15, 0.2) is 0 Å². The summed E-state index contributed by atoms with van der Waals surface area (Å²) in [4.78, 5) is 23.7. The molecular weight excluding hydrogens is 384 g/mol. The molecule has 1 heterocycles. The van der Waals surface area contributed by atoms with Gasteiger partial charge in [-0.25, -0.2) is 5.01 Å². The maximum Gasteiger partial charge on any atom is 0.270 e. The van der Waals surface area contributed by atoms with E-state index in [2.05, 4.69) is 10.4 Å². The Kier molecular flexibility index (Phi) is 6.59. The Labute approximate surface area is 175 Å². The molecule has 8 nitrogen and oxygen atoms in total. The summed E-state index contributed by atoms with van der Waals surface area (Å²) in [6.07, 6.45) is 0.699. The molecule has 3 rings (SSSR count). The van der Waals surface area contributed by atoms with E-state index in [0.717, 1.165) is 5.56 Å². The van der Waals surface area contributed by atoms with Crippen LogP contribution < -0.4 is 5.32 Å². The lowest BCUT2D eigenvalue weighted by Crippen LogP contribution is -2.44. The summed E-state index contributed by atoms with van der Waals surface area (Å²) in [6.45, 7) is 4.09. The van der Waals surface area contributed by atoms with Crippen LogP contribution in [-0.4, -0.2) is 45.3 Å². The molecule has 1 aliphatic heterocycles. The monoisotopic (exact) mass is 410 g/mol. The van der Waals surface area contributed by atoms with Gasteiger partial charge in [-0.2, -0.15) is 5.10 Å². The van der Waals surface area contributed by atoms with Gasteiger partial charge in [0.05, 0.1) is 23.3 Å². The molecule has 0 saturated carbocycles. The molecule has 2 aromatic carbocycles. The number of rotatable bonds is 8. The number of nitrogens with one attached hydrogen (secondary N) is 1. The van der Waals surface area contributed by atoms with E-state index in [1.54, 1.807) is 12.1 Å². The summed E-state index contributed by atoms with van der Waals surface area (Å²) in [5.41, 5.74) is 1.76. The lowest BCUT2D eigenvalue weighted by molar-refractivity contribution is -0.384.